The van der Waals surface area contributed by atoms with Crippen LogP contribution in [0.5, 0.6) is 0 Å². The van der Waals surface area contributed by atoms with Gasteiger partial charge >= 0.3 is 6.18 Å². The second-order valence-electron chi connectivity index (χ2n) is 6.81. The van der Waals surface area contributed by atoms with Crippen LogP contribution in [0.2, 0.25) is 0 Å². The van der Waals surface area contributed by atoms with Gasteiger partial charge in [-0.15, -0.1) is 0 Å². The standard InChI is InChI=1S/C22H16F4N4O/c23-15-9-7-14(8-10-15)13-30-19(29-18-6-3-11-27-20(18)30)12-28-21(31)16-4-1-2-5-17(16)22(24,25)26/h1-11H,12-13H2,(H,28,31). The van der Waals surface area contributed by atoms with Crippen LogP contribution in [0.25, 0.3) is 11.2 Å². The van der Waals surface area contributed by atoms with E-state index in [9.17, 15) is 22.4 Å². The SMILES string of the molecule is O=C(NCc1nc2cccnc2n1Cc1ccc(F)cc1)c1ccccc1C(F)(F)F. The van der Waals surface area contributed by atoms with Gasteiger partial charge in [-0.05, 0) is 42.0 Å². The van der Waals surface area contributed by atoms with E-state index < -0.39 is 23.2 Å². The molecule has 0 aliphatic heterocycles. The molecule has 158 valence electrons. The second kappa shape index (κ2) is 8.17. The maximum absolute atomic E-state index is 13.2. The largest absolute Gasteiger partial charge is 0.417 e. The highest BCUT2D eigenvalue weighted by molar-refractivity contribution is 5.95. The molecule has 0 saturated heterocycles. The quantitative estimate of drug-likeness (QED) is 0.474. The van der Waals surface area contributed by atoms with Crippen molar-refractivity contribution in [3.63, 3.8) is 0 Å². The molecule has 4 aromatic rings. The molecule has 0 bridgehead atoms. The van der Waals surface area contributed by atoms with Crippen molar-refractivity contribution in [3.05, 3.63) is 95.2 Å². The molecule has 4 rings (SSSR count). The van der Waals surface area contributed by atoms with Crippen molar-refractivity contribution in [2.24, 2.45) is 0 Å². The lowest BCUT2D eigenvalue weighted by atomic mass is 10.1. The van der Waals surface area contributed by atoms with Crippen molar-refractivity contribution in [3.8, 4) is 0 Å². The van der Waals surface area contributed by atoms with E-state index >= 15 is 0 Å². The minimum Gasteiger partial charge on any atom is -0.345 e. The van der Waals surface area contributed by atoms with Crippen molar-refractivity contribution in [1.29, 1.82) is 0 Å². The van der Waals surface area contributed by atoms with E-state index in [4.69, 9.17) is 0 Å². The molecule has 0 saturated carbocycles. The highest BCUT2D eigenvalue weighted by atomic mass is 19.4. The van der Waals surface area contributed by atoms with Crippen LogP contribution in [-0.2, 0) is 19.3 Å². The lowest BCUT2D eigenvalue weighted by Gasteiger charge is -2.13. The average Bonchev–Trinajstić information content (AvgIpc) is 3.10. The molecular weight excluding hydrogens is 412 g/mol. The Kier molecular flexibility index (Phi) is 5.41. The van der Waals surface area contributed by atoms with Crippen LogP contribution < -0.4 is 5.32 Å². The summed E-state index contributed by atoms with van der Waals surface area (Å²) < 4.78 is 54.6. The van der Waals surface area contributed by atoms with Crippen molar-refractivity contribution in [2.45, 2.75) is 19.3 Å². The van der Waals surface area contributed by atoms with E-state index in [1.54, 1.807) is 35.0 Å². The smallest absolute Gasteiger partial charge is 0.345 e. The van der Waals surface area contributed by atoms with Gasteiger partial charge in [0.25, 0.3) is 5.91 Å². The Morgan fingerprint density at radius 3 is 2.48 bits per heavy atom. The molecule has 2 aromatic carbocycles. The number of nitrogens with one attached hydrogen (secondary N) is 1. The predicted molar refractivity (Wildman–Crippen MR) is 106 cm³/mol. The van der Waals surface area contributed by atoms with Gasteiger partial charge in [-0.25, -0.2) is 14.4 Å². The zero-order valence-corrected chi connectivity index (χ0v) is 16.0. The van der Waals surface area contributed by atoms with Crippen LogP contribution >= 0.6 is 0 Å². The summed E-state index contributed by atoms with van der Waals surface area (Å²) in [6.45, 7) is 0.195. The van der Waals surface area contributed by atoms with Crippen molar-refractivity contribution < 1.29 is 22.4 Å². The molecule has 0 radical (unpaired) electrons. The number of pyridine rings is 1. The molecule has 9 heteroatoms. The molecule has 0 unspecified atom stereocenters. The van der Waals surface area contributed by atoms with Gasteiger partial charge in [-0.3, -0.25) is 4.79 Å². The number of amides is 1. The lowest BCUT2D eigenvalue weighted by Crippen LogP contribution is -2.27. The fourth-order valence-electron chi connectivity index (χ4n) is 3.26. The van der Waals surface area contributed by atoms with Crippen molar-refractivity contribution in [1.82, 2.24) is 19.9 Å². The normalized spacial score (nSPS) is 11.6. The van der Waals surface area contributed by atoms with Crippen molar-refractivity contribution >= 4 is 17.1 Å². The molecule has 2 aromatic heterocycles. The molecule has 1 N–H and O–H groups in total. The van der Waals surface area contributed by atoms with Crippen LogP contribution in [0.15, 0.2) is 66.9 Å². The molecule has 0 atom stereocenters. The lowest BCUT2D eigenvalue weighted by molar-refractivity contribution is -0.137. The number of imidazole rings is 1. The van der Waals surface area contributed by atoms with Crippen LogP contribution in [0, 0.1) is 5.82 Å². The number of carbonyl (C=O) groups is 1. The van der Waals surface area contributed by atoms with E-state index in [0.717, 1.165) is 17.7 Å². The van der Waals surface area contributed by atoms with Gasteiger partial charge in [-0.1, -0.05) is 24.3 Å². The van der Waals surface area contributed by atoms with E-state index in [1.807, 2.05) is 0 Å². The molecule has 0 aliphatic carbocycles. The maximum Gasteiger partial charge on any atom is 0.417 e. The Morgan fingerprint density at radius 2 is 1.74 bits per heavy atom. The first kappa shape index (κ1) is 20.5. The van der Waals surface area contributed by atoms with Crippen LogP contribution in [-0.4, -0.2) is 20.4 Å². The summed E-state index contributed by atoms with van der Waals surface area (Å²) in [6.07, 6.45) is -3.05. The fraction of sp³-hybridized carbons (Fsp3) is 0.136. The average molecular weight is 428 g/mol. The zero-order chi connectivity index (χ0) is 22.0. The Labute approximate surface area is 174 Å². The molecule has 31 heavy (non-hydrogen) atoms. The van der Waals surface area contributed by atoms with E-state index in [-0.39, 0.29) is 12.4 Å². The summed E-state index contributed by atoms with van der Waals surface area (Å²) in [5.41, 5.74) is 0.431. The number of carbonyl (C=O) groups excluding carboxylic acids is 1. The van der Waals surface area contributed by atoms with Gasteiger partial charge in [0.1, 0.15) is 17.2 Å². The predicted octanol–water partition coefficient (Wildman–Crippen LogP) is 4.57. The number of hydrogen-bond acceptors (Lipinski definition) is 3. The second-order valence-corrected chi connectivity index (χ2v) is 6.81. The first-order valence-electron chi connectivity index (χ1n) is 9.32. The number of benzene rings is 2. The van der Waals surface area contributed by atoms with Crippen LogP contribution in [0.1, 0.15) is 27.3 Å². The minimum absolute atomic E-state index is 0.109. The highest BCUT2D eigenvalue weighted by Gasteiger charge is 2.34. The number of aromatic nitrogens is 3. The van der Waals surface area contributed by atoms with Gasteiger partial charge in [0.05, 0.1) is 24.2 Å². The Bertz CT molecular complexity index is 1230. The van der Waals surface area contributed by atoms with E-state index in [0.29, 0.717) is 23.5 Å². The molecular formula is C22H16F4N4O. The summed E-state index contributed by atoms with van der Waals surface area (Å²) in [4.78, 5) is 21.3. The number of halogens is 4. The highest BCUT2D eigenvalue weighted by Crippen LogP contribution is 2.31. The monoisotopic (exact) mass is 428 g/mol. The molecule has 1 amide bonds. The topological polar surface area (TPSA) is 59.8 Å². The van der Waals surface area contributed by atoms with E-state index in [1.165, 1.54) is 24.3 Å². The molecule has 0 fully saturated rings. The first-order valence-corrected chi connectivity index (χ1v) is 9.32. The van der Waals surface area contributed by atoms with Crippen LogP contribution in [0.4, 0.5) is 17.6 Å². The van der Waals surface area contributed by atoms with Gasteiger partial charge in [0, 0.05) is 6.20 Å². The molecule has 0 aliphatic rings. The van der Waals surface area contributed by atoms with Gasteiger partial charge in [0.15, 0.2) is 5.65 Å². The Balaban J connectivity index is 1.62. The van der Waals surface area contributed by atoms with Crippen LogP contribution in [0.3, 0.4) is 0 Å². The third kappa shape index (κ3) is 4.40. The number of hydrogen-bond donors (Lipinski definition) is 1. The molecule has 0 spiro atoms. The number of nitrogens with zero attached hydrogens (tertiary/aromatic N) is 3. The zero-order valence-electron chi connectivity index (χ0n) is 16.0. The van der Waals surface area contributed by atoms with Gasteiger partial charge in [0.2, 0.25) is 0 Å². The number of fused-ring (bicyclic) bond motifs is 1. The summed E-state index contributed by atoms with van der Waals surface area (Å²) in [6, 6.07) is 13.9. The molecule has 5 nitrogen and oxygen atoms in total. The molecule has 2 heterocycles. The Hall–Kier alpha value is -3.75. The summed E-state index contributed by atoms with van der Waals surface area (Å²) in [7, 11) is 0. The summed E-state index contributed by atoms with van der Waals surface area (Å²) >= 11 is 0. The third-order valence-electron chi connectivity index (χ3n) is 4.72. The van der Waals surface area contributed by atoms with Gasteiger partial charge in [-0.2, -0.15) is 13.2 Å². The maximum atomic E-state index is 13.2. The van der Waals surface area contributed by atoms with E-state index in [2.05, 4.69) is 15.3 Å². The number of alkyl halides is 3. The third-order valence-corrected chi connectivity index (χ3v) is 4.72. The Morgan fingerprint density at radius 1 is 1.00 bits per heavy atom. The van der Waals surface area contributed by atoms with Gasteiger partial charge < -0.3 is 9.88 Å². The number of rotatable bonds is 5. The fourth-order valence-corrected chi connectivity index (χ4v) is 3.26. The minimum atomic E-state index is -4.65. The first-order chi connectivity index (χ1) is 14.8. The van der Waals surface area contributed by atoms with Crippen molar-refractivity contribution in [2.75, 3.05) is 0 Å². The summed E-state index contributed by atoms with van der Waals surface area (Å²) in [5, 5.41) is 2.51. The summed E-state index contributed by atoms with van der Waals surface area (Å²) in [5.74, 6) is -0.815.